The Kier molecular flexibility index (Phi) is 7.31. The van der Waals surface area contributed by atoms with Gasteiger partial charge in [-0.2, -0.15) is 0 Å². The molecule has 3 amide bonds. The van der Waals surface area contributed by atoms with E-state index in [4.69, 9.17) is 9.47 Å². The van der Waals surface area contributed by atoms with Gasteiger partial charge in [0.2, 0.25) is 18.1 Å². The van der Waals surface area contributed by atoms with Gasteiger partial charge in [-0.05, 0) is 51.7 Å². The number of aryl methyl sites for hydroxylation is 1. The van der Waals surface area contributed by atoms with Crippen LogP contribution in [0.25, 0.3) is 0 Å². The zero-order valence-corrected chi connectivity index (χ0v) is 19.5. The molecule has 0 aromatic heterocycles. The predicted octanol–water partition coefficient (Wildman–Crippen LogP) is 1.60. The molecule has 3 aliphatic heterocycles. The van der Waals surface area contributed by atoms with E-state index in [2.05, 4.69) is 10.6 Å². The Morgan fingerprint density at radius 1 is 1.09 bits per heavy atom. The van der Waals surface area contributed by atoms with Crippen molar-refractivity contribution in [3.63, 3.8) is 0 Å². The number of ether oxygens (including phenoxy) is 2. The highest BCUT2D eigenvalue weighted by atomic mass is 16.7. The lowest BCUT2D eigenvalue weighted by molar-refractivity contribution is -0.164. The van der Waals surface area contributed by atoms with Gasteiger partial charge in [0.25, 0.3) is 5.91 Å². The Hall–Kier alpha value is -3.20. The van der Waals surface area contributed by atoms with Gasteiger partial charge in [-0.25, -0.2) is 0 Å². The second-order valence-corrected chi connectivity index (χ2v) is 8.96. The first-order chi connectivity index (χ1) is 16.4. The zero-order valence-electron chi connectivity index (χ0n) is 19.5. The number of cyclic esters (lactones) is 1. The monoisotopic (exact) mass is 469 g/mol. The largest absolute Gasteiger partial charge is 0.433 e. The molecule has 1 aromatic rings. The van der Waals surface area contributed by atoms with Gasteiger partial charge in [0.1, 0.15) is 18.1 Å². The number of hydrogen-bond acceptors (Lipinski definition) is 6. The summed E-state index contributed by atoms with van der Waals surface area (Å²) in [7, 11) is 0. The Bertz CT molecular complexity index is 975. The van der Waals surface area contributed by atoms with Crippen LogP contribution in [0.2, 0.25) is 0 Å². The number of carbonyl (C=O) groups excluding carboxylic acids is 4. The quantitative estimate of drug-likeness (QED) is 0.483. The van der Waals surface area contributed by atoms with Crippen LogP contribution in [0.15, 0.2) is 36.4 Å². The van der Waals surface area contributed by atoms with E-state index in [0.29, 0.717) is 37.9 Å². The Morgan fingerprint density at radius 3 is 2.56 bits per heavy atom. The maximum Gasteiger partial charge on any atom is 0.310 e. The molecule has 4 rings (SSSR count). The fraction of sp³-hybridized carbons (Fsp3) is 0.520. The van der Waals surface area contributed by atoms with Gasteiger partial charge < -0.3 is 25.0 Å². The second kappa shape index (κ2) is 10.4. The SMILES string of the molecule is CCOC1OC(=O)CC1NC(=O)[C@@H]1CC[C@H]2C/C=C\C[C@H](NC(=O)c3ccc(C)cc3)C(=O)N21. The standard InChI is InChI=1S/C25H31N3O6/c1-3-33-25-19(14-21(29)34-25)27-23(31)20-13-12-17-6-4-5-7-18(24(32)28(17)20)26-22(30)16-10-8-15(2)9-11-16/h4-5,8-11,17-20,25H,3,6-7,12-14H2,1-2H3,(H,26,30)(H,27,31)/b5-4-/t17-,18+,19?,20+,25?/m1/s1. The number of amides is 3. The lowest BCUT2D eigenvalue weighted by atomic mass is 10.0. The second-order valence-electron chi connectivity index (χ2n) is 8.96. The van der Waals surface area contributed by atoms with E-state index in [1.54, 1.807) is 24.0 Å². The minimum absolute atomic E-state index is 0.0263. The zero-order chi connectivity index (χ0) is 24.2. The maximum absolute atomic E-state index is 13.6. The van der Waals surface area contributed by atoms with E-state index in [1.807, 2.05) is 31.2 Å². The number of esters is 1. The number of carbonyl (C=O) groups is 4. The third kappa shape index (κ3) is 5.14. The summed E-state index contributed by atoms with van der Waals surface area (Å²) in [5.41, 5.74) is 1.51. The summed E-state index contributed by atoms with van der Waals surface area (Å²) >= 11 is 0. The molecule has 0 saturated carbocycles. The summed E-state index contributed by atoms with van der Waals surface area (Å²) in [4.78, 5) is 52.9. The van der Waals surface area contributed by atoms with Crippen LogP contribution in [0.4, 0.5) is 0 Å². The Morgan fingerprint density at radius 2 is 1.82 bits per heavy atom. The van der Waals surface area contributed by atoms with Crippen molar-refractivity contribution in [3.8, 4) is 0 Å². The van der Waals surface area contributed by atoms with Crippen molar-refractivity contribution in [2.45, 2.75) is 76.4 Å². The van der Waals surface area contributed by atoms with Crippen LogP contribution in [0.5, 0.6) is 0 Å². The summed E-state index contributed by atoms with van der Waals surface area (Å²) in [5, 5.41) is 5.70. The van der Waals surface area contributed by atoms with Gasteiger partial charge in [-0.1, -0.05) is 29.8 Å². The average Bonchev–Trinajstić information content (AvgIpc) is 3.37. The molecule has 9 heteroatoms. The van der Waals surface area contributed by atoms with Crippen molar-refractivity contribution >= 4 is 23.7 Å². The van der Waals surface area contributed by atoms with E-state index in [0.717, 1.165) is 5.56 Å². The van der Waals surface area contributed by atoms with Gasteiger partial charge in [-0.3, -0.25) is 19.2 Å². The van der Waals surface area contributed by atoms with Crippen LogP contribution in [0.3, 0.4) is 0 Å². The van der Waals surface area contributed by atoms with Crippen LogP contribution in [-0.2, 0) is 23.9 Å². The molecule has 0 spiro atoms. The summed E-state index contributed by atoms with van der Waals surface area (Å²) in [6, 6.07) is 4.97. The molecule has 9 nitrogen and oxygen atoms in total. The topological polar surface area (TPSA) is 114 Å². The summed E-state index contributed by atoms with van der Waals surface area (Å²) in [5.74, 6) is -1.37. The molecule has 2 unspecified atom stereocenters. The summed E-state index contributed by atoms with van der Waals surface area (Å²) in [6.07, 6.45) is 5.31. The minimum atomic E-state index is -0.828. The number of nitrogens with one attached hydrogen (secondary N) is 2. The summed E-state index contributed by atoms with van der Waals surface area (Å²) in [6.45, 7) is 4.06. The maximum atomic E-state index is 13.6. The minimum Gasteiger partial charge on any atom is -0.433 e. The van der Waals surface area contributed by atoms with Crippen molar-refractivity contribution in [2.75, 3.05) is 6.61 Å². The first-order valence-electron chi connectivity index (χ1n) is 11.8. The van der Waals surface area contributed by atoms with Crippen LogP contribution in [-0.4, -0.2) is 65.7 Å². The normalized spacial score (nSPS) is 29.6. The van der Waals surface area contributed by atoms with Gasteiger partial charge >= 0.3 is 5.97 Å². The van der Waals surface area contributed by atoms with Crippen molar-refractivity contribution in [3.05, 3.63) is 47.5 Å². The molecule has 2 fully saturated rings. The molecule has 182 valence electrons. The molecule has 1 aromatic carbocycles. The van der Waals surface area contributed by atoms with Crippen molar-refractivity contribution in [1.29, 1.82) is 0 Å². The molecule has 2 saturated heterocycles. The van der Waals surface area contributed by atoms with Crippen molar-refractivity contribution < 1.29 is 28.7 Å². The van der Waals surface area contributed by atoms with Gasteiger partial charge in [-0.15, -0.1) is 0 Å². The smallest absolute Gasteiger partial charge is 0.310 e. The number of hydrogen-bond donors (Lipinski definition) is 2. The molecular weight excluding hydrogens is 438 g/mol. The predicted molar refractivity (Wildman–Crippen MR) is 123 cm³/mol. The molecular formula is C25H31N3O6. The molecule has 0 radical (unpaired) electrons. The highest BCUT2D eigenvalue weighted by Gasteiger charge is 2.45. The number of rotatable bonds is 6. The fourth-order valence-electron chi connectivity index (χ4n) is 4.79. The molecule has 0 aliphatic carbocycles. The van der Waals surface area contributed by atoms with Gasteiger partial charge in [0.05, 0.1) is 6.42 Å². The van der Waals surface area contributed by atoms with Crippen LogP contribution in [0.1, 0.15) is 54.9 Å². The van der Waals surface area contributed by atoms with E-state index in [-0.39, 0.29) is 30.2 Å². The first-order valence-corrected chi connectivity index (χ1v) is 11.8. The van der Waals surface area contributed by atoms with E-state index < -0.39 is 30.4 Å². The van der Waals surface area contributed by atoms with Crippen LogP contribution < -0.4 is 10.6 Å². The first kappa shape index (κ1) is 23.9. The molecule has 34 heavy (non-hydrogen) atoms. The number of fused-ring (bicyclic) bond motifs is 1. The Balaban J connectivity index is 1.48. The van der Waals surface area contributed by atoms with Crippen LogP contribution >= 0.6 is 0 Å². The molecule has 0 bridgehead atoms. The molecule has 2 N–H and O–H groups in total. The average molecular weight is 470 g/mol. The van der Waals surface area contributed by atoms with E-state index in [9.17, 15) is 19.2 Å². The Labute approximate surface area is 198 Å². The van der Waals surface area contributed by atoms with Crippen LogP contribution in [0, 0.1) is 6.92 Å². The van der Waals surface area contributed by atoms with Crippen molar-refractivity contribution in [1.82, 2.24) is 15.5 Å². The third-order valence-corrected chi connectivity index (χ3v) is 6.54. The number of nitrogens with zero attached hydrogens (tertiary/aromatic N) is 1. The third-order valence-electron chi connectivity index (χ3n) is 6.54. The van der Waals surface area contributed by atoms with Gasteiger partial charge in [0, 0.05) is 18.2 Å². The highest BCUT2D eigenvalue weighted by Crippen LogP contribution is 2.30. The molecule has 3 heterocycles. The molecule has 5 atom stereocenters. The lowest BCUT2D eigenvalue weighted by Gasteiger charge is -2.34. The number of benzene rings is 1. The van der Waals surface area contributed by atoms with E-state index >= 15 is 0 Å². The summed E-state index contributed by atoms with van der Waals surface area (Å²) < 4.78 is 10.6. The van der Waals surface area contributed by atoms with Crippen molar-refractivity contribution in [2.24, 2.45) is 0 Å². The molecule has 3 aliphatic rings. The lowest BCUT2D eigenvalue weighted by Crippen LogP contribution is -2.57. The van der Waals surface area contributed by atoms with E-state index in [1.165, 1.54) is 0 Å². The fourth-order valence-corrected chi connectivity index (χ4v) is 4.79. The highest BCUT2D eigenvalue weighted by molar-refractivity contribution is 5.98. The van der Waals surface area contributed by atoms with Gasteiger partial charge in [0.15, 0.2) is 0 Å².